The highest BCUT2D eigenvalue weighted by molar-refractivity contribution is 5.92. The van der Waals surface area contributed by atoms with E-state index in [1.807, 2.05) is 91.1 Å². The van der Waals surface area contributed by atoms with Gasteiger partial charge in [0.05, 0.1) is 25.9 Å². The van der Waals surface area contributed by atoms with Crippen LogP contribution in [-0.2, 0) is 38.5 Å². The van der Waals surface area contributed by atoms with E-state index in [0.717, 1.165) is 40.9 Å². The first-order valence-electron chi connectivity index (χ1n) is 15.8. The van der Waals surface area contributed by atoms with Crippen LogP contribution >= 0.6 is 0 Å². The number of ether oxygens (including phenoxy) is 3. The molecule has 2 amide bonds. The van der Waals surface area contributed by atoms with E-state index in [0.29, 0.717) is 25.1 Å². The molecule has 3 aromatic carbocycles. The first-order valence-corrected chi connectivity index (χ1v) is 15.8. The topological polar surface area (TPSA) is 122 Å². The number of pyridine rings is 1. The van der Waals surface area contributed by atoms with Crippen molar-refractivity contribution in [3.8, 4) is 0 Å². The third-order valence-electron chi connectivity index (χ3n) is 8.12. The summed E-state index contributed by atoms with van der Waals surface area (Å²) in [7, 11) is 3.38. The second-order valence-corrected chi connectivity index (χ2v) is 11.7. The molecular weight excluding hydrogens is 596 g/mol. The van der Waals surface area contributed by atoms with Gasteiger partial charge >= 0.3 is 12.0 Å². The van der Waals surface area contributed by atoms with Gasteiger partial charge in [-0.15, -0.1) is 0 Å². The molecule has 4 atom stereocenters. The molecule has 10 nitrogen and oxygen atoms in total. The van der Waals surface area contributed by atoms with Crippen LogP contribution in [0.1, 0.15) is 46.8 Å². The van der Waals surface area contributed by atoms with E-state index < -0.39 is 24.3 Å². The molecule has 5 rings (SSSR count). The summed E-state index contributed by atoms with van der Waals surface area (Å²) in [4.78, 5) is 31.9. The predicted molar refractivity (Wildman–Crippen MR) is 178 cm³/mol. The Morgan fingerprint density at radius 3 is 2.34 bits per heavy atom. The number of amides is 2. The molecule has 10 heteroatoms. The Balaban J connectivity index is 1.24. The molecule has 1 aliphatic heterocycles. The van der Waals surface area contributed by atoms with Gasteiger partial charge in [-0.25, -0.2) is 9.59 Å². The first-order chi connectivity index (χ1) is 22.9. The number of aromatic nitrogens is 1. The SMILES string of the molecule is COC(=O)[C@H](Cc1ccccc1)NC(=O)Nc1ccc([C@H]2O[C@@H](CN(C)CCc3ccccn3)C[C@@H](c3ccc(CO)cc3)O2)cc1. The van der Waals surface area contributed by atoms with Crippen LogP contribution in [0.25, 0.3) is 0 Å². The minimum absolute atomic E-state index is 0.0178. The number of rotatable bonds is 13. The molecule has 246 valence electrons. The summed E-state index contributed by atoms with van der Waals surface area (Å²) in [6, 6.07) is 29.1. The number of hydrogen-bond donors (Lipinski definition) is 3. The van der Waals surface area contributed by atoms with E-state index in [1.165, 1.54) is 7.11 Å². The zero-order valence-corrected chi connectivity index (χ0v) is 26.7. The predicted octanol–water partition coefficient (Wildman–Crippen LogP) is 5.20. The number of carbonyl (C=O) groups excluding carboxylic acids is 2. The summed E-state index contributed by atoms with van der Waals surface area (Å²) >= 11 is 0. The van der Waals surface area contributed by atoms with Crippen molar-refractivity contribution >= 4 is 17.7 Å². The van der Waals surface area contributed by atoms with E-state index in [2.05, 4.69) is 27.6 Å². The van der Waals surface area contributed by atoms with Crippen molar-refractivity contribution in [3.05, 3.63) is 131 Å². The minimum atomic E-state index is -0.840. The van der Waals surface area contributed by atoms with Gasteiger partial charge in [0.15, 0.2) is 6.29 Å². The van der Waals surface area contributed by atoms with Gasteiger partial charge in [-0.2, -0.15) is 0 Å². The number of urea groups is 1. The summed E-state index contributed by atoms with van der Waals surface area (Å²) in [6.07, 6.45) is 2.69. The van der Waals surface area contributed by atoms with Gasteiger partial charge < -0.3 is 34.9 Å². The molecule has 3 N–H and O–H groups in total. The van der Waals surface area contributed by atoms with Crippen LogP contribution in [0, 0.1) is 0 Å². The number of esters is 1. The molecule has 1 saturated heterocycles. The summed E-state index contributed by atoms with van der Waals surface area (Å²) in [5.41, 5.74) is 5.17. The fraction of sp³-hybridized carbons (Fsp3) is 0.324. The lowest BCUT2D eigenvalue weighted by Crippen LogP contribution is -2.45. The summed E-state index contributed by atoms with van der Waals surface area (Å²) < 4.78 is 17.9. The van der Waals surface area contributed by atoms with Gasteiger partial charge in [0.2, 0.25) is 0 Å². The van der Waals surface area contributed by atoms with Crippen LogP contribution in [0.2, 0.25) is 0 Å². The quantitative estimate of drug-likeness (QED) is 0.171. The van der Waals surface area contributed by atoms with Crippen LogP contribution in [-0.4, -0.2) is 66.4 Å². The maximum Gasteiger partial charge on any atom is 0.328 e. The molecular formula is C37H42N4O6. The Hall–Kier alpha value is -4.61. The van der Waals surface area contributed by atoms with Crippen molar-refractivity contribution < 1.29 is 28.9 Å². The zero-order chi connectivity index (χ0) is 33.0. The number of aliphatic hydroxyl groups is 1. The number of nitrogens with zero attached hydrogens (tertiary/aromatic N) is 2. The highest BCUT2D eigenvalue weighted by atomic mass is 16.7. The van der Waals surface area contributed by atoms with Crippen molar-refractivity contribution in [1.29, 1.82) is 0 Å². The van der Waals surface area contributed by atoms with Gasteiger partial charge in [-0.3, -0.25) is 4.98 Å². The molecule has 1 aromatic heterocycles. The van der Waals surface area contributed by atoms with Gasteiger partial charge in [0.1, 0.15) is 6.04 Å². The average molecular weight is 639 g/mol. The molecule has 0 bridgehead atoms. The van der Waals surface area contributed by atoms with E-state index in [4.69, 9.17) is 14.2 Å². The van der Waals surface area contributed by atoms with Gasteiger partial charge in [-0.05, 0) is 48.0 Å². The monoisotopic (exact) mass is 638 g/mol. The lowest BCUT2D eigenvalue weighted by Gasteiger charge is -2.38. The molecule has 0 spiro atoms. The number of benzene rings is 3. The van der Waals surface area contributed by atoms with Crippen molar-refractivity contribution in [1.82, 2.24) is 15.2 Å². The molecule has 1 fully saturated rings. The summed E-state index contributed by atoms with van der Waals surface area (Å²) in [5.74, 6) is -0.525. The Morgan fingerprint density at radius 1 is 0.936 bits per heavy atom. The lowest BCUT2D eigenvalue weighted by molar-refractivity contribution is -0.252. The smallest absolute Gasteiger partial charge is 0.328 e. The third-order valence-corrected chi connectivity index (χ3v) is 8.12. The molecule has 2 heterocycles. The second-order valence-electron chi connectivity index (χ2n) is 11.7. The van der Waals surface area contributed by atoms with E-state index in [9.17, 15) is 14.7 Å². The number of nitrogens with one attached hydrogen (secondary N) is 2. The Bertz CT molecular complexity index is 1550. The van der Waals surface area contributed by atoms with E-state index >= 15 is 0 Å². The van der Waals surface area contributed by atoms with Gasteiger partial charge in [0.25, 0.3) is 0 Å². The van der Waals surface area contributed by atoms with Gasteiger partial charge in [0, 0.05) is 55.5 Å². The van der Waals surface area contributed by atoms with Crippen molar-refractivity contribution in [2.75, 3.05) is 32.6 Å². The average Bonchev–Trinajstić information content (AvgIpc) is 3.11. The maximum atomic E-state index is 12.9. The van der Waals surface area contributed by atoms with Crippen LogP contribution < -0.4 is 10.6 Å². The second kappa shape index (κ2) is 16.8. The standard InChI is InChI=1S/C37H42N4O6/c1-41(21-19-30-10-6-7-20-38-30)24-32-23-34(28-13-11-27(25-42)12-14-28)47-36(46-32)29-15-17-31(18-16-29)39-37(44)40-33(35(43)45-2)22-26-8-4-3-5-9-26/h3-18,20,32-34,36,42H,19,21-25H2,1-2H3,(H2,39,40,44)/t32-,33+,34+,36+/m1/s1. The molecule has 4 aromatic rings. The zero-order valence-electron chi connectivity index (χ0n) is 26.7. The molecule has 0 radical (unpaired) electrons. The Kier molecular flexibility index (Phi) is 12.1. The lowest BCUT2D eigenvalue weighted by atomic mass is 9.99. The fourth-order valence-electron chi connectivity index (χ4n) is 5.56. The van der Waals surface area contributed by atoms with E-state index in [1.54, 1.807) is 12.1 Å². The van der Waals surface area contributed by atoms with Crippen molar-refractivity contribution in [3.63, 3.8) is 0 Å². The molecule has 0 unspecified atom stereocenters. The highest BCUT2D eigenvalue weighted by Crippen LogP contribution is 2.38. The summed E-state index contributed by atoms with van der Waals surface area (Å²) in [5, 5.41) is 15.0. The first kappa shape index (κ1) is 33.7. The van der Waals surface area contributed by atoms with Crippen LogP contribution in [0.3, 0.4) is 0 Å². The minimum Gasteiger partial charge on any atom is -0.467 e. The Labute approximate surface area is 275 Å². The number of methoxy groups -OCH3 is 1. The molecule has 0 aliphatic carbocycles. The molecule has 0 saturated carbocycles. The van der Waals surface area contributed by atoms with Crippen LogP contribution in [0.4, 0.5) is 10.5 Å². The largest absolute Gasteiger partial charge is 0.467 e. The number of likely N-dealkylation sites (N-methyl/N-ethyl adjacent to an activating group) is 1. The summed E-state index contributed by atoms with van der Waals surface area (Å²) in [6.45, 7) is 1.53. The maximum absolute atomic E-state index is 12.9. The van der Waals surface area contributed by atoms with Crippen molar-refractivity contribution in [2.45, 2.75) is 50.4 Å². The number of aliphatic hydroxyl groups excluding tert-OH is 1. The third kappa shape index (κ3) is 9.94. The fourth-order valence-corrected chi connectivity index (χ4v) is 5.56. The van der Waals surface area contributed by atoms with Crippen molar-refractivity contribution in [2.24, 2.45) is 0 Å². The number of carbonyl (C=O) groups is 2. The van der Waals surface area contributed by atoms with E-state index in [-0.39, 0.29) is 18.8 Å². The Morgan fingerprint density at radius 2 is 1.66 bits per heavy atom. The highest BCUT2D eigenvalue weighted by Gasteiger charge is 2.33. The number of anilines is 1. The molecule has 47 heavy (non-hydrogen) atoms. The number of hydrogen-bond acceptors (Lipinski definition) is 8. The van der Waals surface area contributed by atoms with Crippen LogP contribution in [0.15, 0.2) is 103 Å². The molecule has 1 aliphatic rings. The normalized spacial score (nSPS) is 18.3. The van der Waals surface area contributed by atoms with Gasteiger partial charge in [-0.1, -0.05) is 72.8 Å². The van der Waals surface area contributed by atoms with Crippen LogP contribution in [0.5, 0.6) is 0 Å².